The Morgan fingerprint density at radius 3 is 1.28 bits per heavy atom. The van der Waals surface area contributed by atoms with Crippen molar-refractivity contribution in [3.8, 4) is 0 Å². The number of amides is 4. The Bertz CT molecular complexity index is 1260. The van der Waals surface area contributed by atoms with Crippen LogP contribution in [0, 0.1) is 23.7 Å². The van der Waals surface area contributed by atoms with Gasteiger partial charge in [0.1, 0.15) is 0 Å². The fourth-order valence-corrected chi connectivity index (χ4v) is 7.30. The first-order chi connectivity index (χ1) is 15.4. The maximum Gasteiger partial charge on any atom is 0.235 e. The van der Waals surface area contributed by atoms with Crippen LogP contribution in [0.3, 0.4) is 0 Å². The second-order valence-corrected chi connectivity index (χ2v) is 9.76. The predicted octanol–water partition coefficient (Wildman–Crippen LogP) is 1.55. The number of imide groups is 2. The highest BCUT2D eigenvalue weighted by molar-refractivity contribution is 6.08. The van der Waals surface area contributed by atoms with Gasteiger partial charge < -0.3 is 9.47 Å². The van der Waals surface area contributed by atoms with Crippen LogP contribution in [0.1, 0.15) is 46.7 Å². The van der Waals surface area contributed by atoms with E-state index < -0.39 is 48.1 Å². The first-order valence-electron chi connectivity index (χ1n) is 10.9. The van der Waals surface area contributed by atoms with Gasteiger partial charge in [-0.25, -0.2) is 0 Å². The lowest BCUT2D eigenvalue weighted by Gasteiger charge is -2.25. The molecule has 0 saturated carbocycles. The summed E-state index contributed by atoms with van der Waals surface area (Å²) in [6, 6.07) is 8.01. The van der Waals surface area contributed by atoms with E-state index in [9.17, 15) is 19.2 Å². The predicted molar refractivity (Wildman–Crippen MR) is 107 cm³/mol. The van der Waals surface area contributed by atoms with Crippen molar-refractivity contribution in [3.63, 3.8) is 0 Å². The van der Waals surface area contributed by atoms with E-state index in [4.69, 9.17) is 9.47 Å². The molecule has 8 nitrogen and oxygen atoms in total. The van der Waals surface area contributed by atoms with Crippen LogP contribution in [0.4, 0.5) is 0 Å². The fraction of sp³-hybridized carbons (Fsp3) is 0.417. The summed E-state index contributed by atoms with van der Waals surface area (Å²) in [7, 11) is 3.08. The van der Waals surface area contributed by atoms with Crippen molar-refractivity contribution in [2.24, 2.45) is 23.7 Å². The van der Waals surface area contributed by atoms with E-state index in [1.807, 2.05) is 24.3 Å². The summed E-state index contributed by atoms with van der Waals surface area (Å²) >= 11 is 0. The third-order valence-corrected chi connectivity index (χ3v) is 8.66. The van der Waals surface area contributed by atoms with Crippen LogP contribution >= 0.6 is 0 Å². The van der Waals surface area contributed by atoms with Crippen LogP contribution in [0.2, 0.25) is 0 Å². The van der Waals surface area contributed by atoms with Crippen LogP contribution in [0.25, 0.3) is 10.8 Å². The van der Waals surface area contributed by atoms with Crippen molar-refractivity contribution in [1.29, 1.82) is 0 Å². The molecule has 4 unspecified atom stereocenters. The highest BCUT2D eigenvalue weighted by atomic mass is 16.5. The lowest BCUT2D eigenvalue weighted by Crippen LogP contribution is -2.28. The van der Waals surface area contributed by atoms with Gasteiger partial charge in [-0.3, -0.25) is 29.0 Å². The molecule has 8 heteroatoms. The number of carbonyl (C=O) groups is 4. The van der Waals surface area contributed by atoms with E-state index in [1.165, 1.54) is 9.80 Å². The molecule has 0 N–H and O–H groups in total. The Balaban J connectivity index is 1.33. The highest BCUT2D eigenvalue weighted by Gasteiger charge is 2.66. The van der Waals surface area contributed by atoms with Crippen molar-refractivity contribution in [2.45, 2.75) is 24.4 Å². The van der Waals surface area contributed by atoms with Crippen LogP contribution in [-0.2, 0) is 28.7 Å². The number of nitrogens with zero attached hydrogens (tertiary/aromatic N) is 2. The second kappa shape index (κ2) is 5.10. The van der Waals surface area contributed by atoms with E-state index in [0.717, 1.165) is 33.0 Å². The number of likely N-dealkylation sites (tertiary alicyclic amines) is 2. The lowest BCUT2D eigenvalue weighted by atomic mass is 9.72. The van der Waals surface area contributed by atoms with Gasteiger partial charge in [0.15, 0.2) is 0 Å². The average Bonchev–Trinajstić information content (AvgIpc) is 3.61. The number of rotatable bonds is 0. The Labute approximate surface area is 182 Å². The molecule has 160 valence electrons. The molecule has 2 aromatic rings. The van der Waals surface area contributed by atoms with E-state index in [2.05, 4.69) is 0 Å². The minimum Gasteiger partial charge on any atom is -0.364 e. The molecule has 0 aliphatic carbocycles. The molecule has 4 fully saturated rings. The molecule has 6 aliphatic rings. The third-order valence-electron chi connectivity index (χ3n) is 8.66. The number of hydrogen-bond acceptors (Lipinski definition) is 6. The van der Waals surface area contributed by atoms with Gasteiger partial charge in [0.05, 0.1) is 48.1 Å². The standard InChI is InChI=1S/C24H18N2O6/c1-25-21(27)13-15(23(25)29)19-11-7-4-6-10-12(8(7)3-5-9(11)17(13)31-19)20-16-14(18(10)32-20)22(28)26(2)24(16)30/h3-6,13-20H,1-2H3/t13?,14?,15?,16?,17-,18-,19+,20+/m0/s1. The van der Waals surface area contributed by atoms with Crippen LogP contribution in [-0.4, -0.2) is 47.5 Å². The number of benzene rings is 2. The van der Waals surface area contributed by atoms with Crippen molar-refractivity contribution in [1.82, 2.24) is 9.80 Å². The number of ether oxygens (including phenoxy) is 2. The molecule has 0 aromatic heterocycles. The van der Waals surface area contributed by atoms with Crippen molar-refractivity contribution >= 4 is 34.4 Å². The van der Waals surface area contributed by atoms with E-state index in [1.54, 1.807) is 14.1 Å². The minimum atomic E-state index is -0.483. The average molecular weight is 430 g/mol. The fourth-order valence-electron chi connectivity index (χ4n) is 7.30. The van der Waals surface area contributed by atoms with Gasteiger partial charge in [0, 0.05) is 14.1 Å². The zero-order chi connectivity index (χ0) is 21.8. The van der Waals surface area contributed by atoms with E-state index in [-0.39, 0.29) is 23.6 Å². The summed E-state index contributed by atoms with van der Waals surface area (Å²) in [6.45, 7) is 0. The van der Waals surface area contributed by atoms with Gasteiger partial charge in [0.25, 0.3) is 0 Å². The SMILES string of the molecule is CN1C(=O)C2C(C1=O)[C@H]1O[C@@H]2c2c1ccc1c3c(ccc21)[C@@H]1O[C@H]3C2C(=O)N(C)C(=O)C21. The van der Waals surface area contributed by atoms with Gasteiger partial charge in [-0.05, 0) is 33.0 Å². The Morgan fingerprint density at radius 1 is 0.562 bits per heavy atom. The summed E-state index contributed by atoms with van der Waals surface area (Å²) in [4.78, 5) is 53.3. The Kier molecular flexibility index (Phi) is 2.78. The molecule has 4 amide bonds. The first kappa shape index (κ1) is 17.5. The smallest absolute Gasteiger partial charge is 0.235 e. The summed E-state index contributed by atoms with van der Waals surface area (Å²) in [5.74, 6) is -2.56. The first-order valence-corrected chi connectivity index (χ1v) is 10.9. The topological polar surface area (TPSA) is 93.2 Å². The summed E-state index contributed by atoms with van der Waals surface area (Å²) < 4.78 is 12.4. The summed E-state index contributed by atoms with van der Waals surface area (Å²) in [5.41, 5.74) is 3.87. The van der Waals surface area contributed by atoms with Gasteiger partial charge in [-0.1, -0.05) is 24.3 Å². The van der Waals surface area contributed by atoms with Crippen molar-refractivity contribution < 1.29 is 28.7 Å². The summed E-state index contributed by atoms with van der Waals surface area (Å²) in [5, 5.41) is 1.94. The maximum atomic E-state index is 12.8. The molecule has 8 atom stereocenters. The number of hydrogen-bond donors (Lipinski definition) is 0. The third kappa shape index (κ3) is 1.58. The monoisotopic (exact) mass is 430 g/mol. The van der Waals surface area contributed by atoms with Crippen LogP contribution in [0.15, 0.2) is 24.3 Å². The normalized spacial score (nSPS) is 40.1. The van der Waals surface area contributed by atoms with Gasteiger partial charge in [0.2, 0.25) is 23.6 Å². The molecule has 32 heavy (non-hydrogen) atoms. The molecule has 6 heterocycles. The second-order valence-electron chi connectivity index (χ2n) is 9.76. The Morgan fingerprint density at radius 2 is 0.906 bits per heavy atom. The maximum absolute atomic E-state index is 12.8. The highest BCUT2D eigenvalue weighted by Crippen LogP contribution is 2.64. The van der Waals surface area contributed by atoms with Crippen molar-refractivity contribution in [2.75, 3.05) is 14.1 Å². The molecule has 6 aliphatic heterocycles. The number of carbonyl (C=O) groups excluding carboxylic acids is 4. The van der Waals surface area contributed by atoms with Gasteiger partial charge in [-0.2, -0.15) is 0 Å². The molecular formula is C24H18N2O6. The van der Waals surface area contributed by atoms with Gasteiger partial charge in [-0.15, -0.1) is 0 Å². The molecule has 0 radical (unpaired) electrons. The molecule has 4 bridgehead atoms. The van der Waals surface area contributed by atoms with E-state index >= 15 is 0 Å². The quantitative estimate of drug-likeness (QED) is 0.589. The number of fused-ring (bicyclic) bond motifs is 19. The summed E-state index contributed by atoms with van der Waals surface area (Å²) in [6.07, 6.45) is -1.70. The molecule has 2 aromatic carbocycles. The van der Waals surface area contributed by atoms with Crippen molar-refractivity contribution in [3.05, 3.63) is 46.5 Å². The zero-order valence-electron chi connectivity index (χ0n) is 17.3. The lowest BCUT2D eigenvalue weighted by molar-refractivity contribution is -0.143. The van der Waals surface area contributed by atoms with E-state index in [0.29, 0.717) is 0 Å². The largest absolute Gasteiger partial charge is 0.364 e. The minimum absolute atomic E-state index is 0.169. The molecule has 0 spiro atoms. The van der Waals surface area contributed by atoms with Crippen LogP contribution in [0.5, 0.6) is 0 Å². The molecule has 4 saturated heterocycles. The zero-order valence-corrected chi connectivity index (χ0v) is 17.3. The van der Waals surface area contributed by atoms with Crippen LogP contribution < -0.4 is 0 Å². The van der Waals surface area contributed by atoms with Gasteiger partial charge >= 0.3 is 0 Å². The molecular weight excluding hydrogens is 412 g/mol. The Hall–Kier alpha value is -3.10. The molecule has 8 rings (SSSR count).